The first kappa shape index (κ1) is 17.1. The summed E-state index contributed by atoms with van der Waals surface area (Å²) in [6.07, 6.45) is 3.37. The van der Waals surface area contributed by atoms with Crippen LogP contribution in [0.5, 0.6) is 0 Å². The number of rotatable bonds is 6. The van der Waals surface area contributed by atoms with E-state index in [4.69, 9.17) is 0 Å². The minimum atomic E-state index is -3.44. The van der Waals surface area contributed by atoms with Crippen molar-refractivity contribution in [2.24, 2.45) is 7.05 Å². The molecule has 0 atom stereocenters. The number of hydrogen-bond donors (Lipinski definition) is 0. The molecule has 0 saturated carbocycles. The molecular weight excluding hydrogens is 348 g/mol. The van der Waals surface area contributed by atoms with E-state index in [0.29, 0.717) is 23.8 Å². The van der Waals surface area contributed by atoms with Gasteiger partial charge in [0.1, 0.15) is 6.33 Å². The number of benzene rings is 1. The first-order valence-corrected chi connectivity index (χ1v) is 10.0. The van der Waals surface area contributed by atoms with Gasteiger partial charge in [-0.15, -0.1) is 10.2 Å². The Balaban J connectivity index is 1.67. The molecule has 9 heteroatoms. The molecule has 2 aromatic rings. The first-order chi connectivity index (χ1) is 11.5. The Hall–Kier alpha value is -1.71. The van der Waals surface area contributed by atoms with Gasteiger partial charge in [0.25, 0.3) is 0 Å². The first-order valence-electron chi connectivity index (χ1n) is 7.59. The van der Waals surface area contributed by atoms with Crippen LogP contribution >= 0.6 is 11.8 Å². The quantitative estimate of drug-likeness (QED) is 0.570. The molecule has 2 heterocycles. The Labute approximate surface area is 145 Å². The van der Waals surface area contributed by atoms with Crippen molar-refractivity contribution in [1.82, 2.24) is 19.1 Å². The van der Waals surface area contributed by atoms with Gasteiger partial charge >= 0.3 is 0 Å². The fourth-order valence-electron chi connectivity index (χ4n) is 2.51. The number of carbonyl (C=O) groups excluding carboxylic acids is 1. The minimum absolute atomic E-state index is 0.0758. The van der Waals surface area contributed by atoms with Crippen molar-refractivity contribution in [2.45, 2.75) is 22.9 Å². The van der Waals surface area contributed by atoms with Crippen LogP contribution in [0.15, 0.2) is 40.6 Å². The van der Waals surface area contributed by atoms with Crippen LogP contribution in [0, 0.1) is 0 Å². The third kappa shape index (κ3) is 3.52. The topological polar surface area (TPSA) is 85.2 Å². The van der Waals surface area contributed by atoms with Crippen LogP contribution in [0.3, 0.4) is 0 Å². The van der Waals surface area contributed by atoms with Gasteiger partial charge in [0.15, 0.2) is 10.9 Å². The Morgan fingerprint density at radius 2 is 1.88 bits per heavy atom. The Morgan fingerprint density at radius 3 is 2.46 bits per heavy atom. The lowest BCUT2D eigenvalue weighted by atomic mass is 10.1. The number of hydrogen-bond acceptors (Lipinski definition) is 6. The van der Waals surface area contributed by atoms with Crippen molar-refractivity contribution in [1.29, 1.82) is 0 Å². The lowest BCUT2D eigenvalue weighted by Crippen LogP contribution is -2.27. The average Bonchev–Trinajstić information content (AvgIpc) is 3.25. The second-order valence-corrected chi connectivity index (χ2v) is 8.45. The summed E-state index contributed by atoms with van der Waals surface area (Å²) in [5, 5.41) is 8.33. The molecule has 1 aromatic heterocycles. The van der Waals surface area contributed by atoms with Crippen LogP contribution in [0.4, 0.5) is 0 Å². The summed E-state index contributed by atoms with van der Waals surface area (Å²) in [4.78, 5) is 12.5. The molecule has 1 aliphatic heterocycles. The summed E-state index contributed by atoms with van der Waals surface area (Å²) in [6.45, 7) is 1.13. The fraction of sp³-hybridized carbons (Fsp3) is 0.400. The Morgan fingerprint density at radius 1 is 1.21 bits per heavy atom. The SMILES string of the molecule is Cn1cnnc1SCC(=O)c1ccc(S(=O)(=O)N2CCCC2)cc1. The number of ketones is 1. The lowest BCUT2D eigenvalue weighted by Gasteiger charge is -2.15. The molecule has 24 heavy (non-hydrogen) atoms. The number of Topliss-reactive ketones (excluding diaryl/α,β-unsaturated/α-hetero) is 1. The molecule has 1 fully saturated rings. The van der Waals surface area contributed by atoms with Gasteiger partial charge in [-0.3, -0.25) is 4.79 Å². The van der Waals surface area contributed by atoms with E-state index in [-0.39, 0.29) is 16.4 Å². The molecule has 7 nitrogen and oxygen atoms in total. The normalized spacial score (nSPS) is 15.7. The summed E-state index contributed by atoms with van der Waals surface area (Å²) in [6, 6.07) is 6.16. The summed E-state index contributed by atoms with van der Waals surface area (Å²) < 4.78 is 28.1. The lowest BCUT2D eigenvalue weighted by molar-refractivity contribution is 0.102. The van der Waals surface area contributed by atoms with E-state index in [1.807, 2.05) is 7.05 Å². The van der Waals surface area contributed by atoms with Crippen LogP contribution in [0.1, 0.15) is 23.2 Å². The third-order valence-corrected chi connectivity index (χ3v) is 6.83. The summed E-state index contributed by atoms with van der Waals surface area (Å²) in [5.74, 6) is 0.151. The van der Waals surface area contributed by atoms with E-state index < -0.39 is 10.0 Å². The van der Waals surface area contributed by atoms with Gasteiger partial charge in [-0.1, -0.05) is 23.9 Å². The average molecular weight is 366 g/mol. The fourth-order valence-corrected chi connectivity index (χ4v) is 4.81. The van der Waals surface area contributed by atoms with Gasteiger partial charge in [0, 0.05) is 25.7 Å². The monoisotopic (exact) mass is 366 g/mol. The predicted octanol–water partition coefficient (Wildman–Crippen LogP) is 1.57. The molecule has 1 saturated heterocycles. The van der Waals surface area contributed by atoms with Crippen molar-refractivity contribution >= 4 is 27.6 Å². The molecule has 1 aliphatic rings. The van der Waals surface area contributed by atoms with Gasteiger partial charge in [-0.05, 0) is 25.0 Å². The second kappa shape index (κ2) is 7.04. The maximum absolute atomic E-state index is 12.5. The Kier molecular flexibility index (Phi) is 5.02. The van der Waals surface area contributed by atoms with Crippen LogP contribution in [0.2, 0.25) is 0 Å². The number of nitrogens with zero attached hydrogens (tertiary/aromatic N) is 4. The van der Waals surface area contributed by atoms with Crippen LogP contribution < -0.4 is 0 Å². The second-order valence-electron chi connectivity index (χ2n) is 5.57. The van der Waals surface area contributed by atoms with E-state index in [1.54, 1.807) is 23.0 Å². The van der Waals surface area contributed by atoms with E-state index in [1.165, 1.54) is 28.2 Å². The van der Waals surface area contributed by atoms with Crippen LogP contribution in [-0.2, 0) is 17.1 Å². The molecule has 0 radical (unpaired) electrons. The molecule has 0 unspecified atom stereocenters. The van der Waals surface area contributed by atoms with Gasteiger partial charge in [0.05, 0.1) is 10.6 Å². The zero-order valence-electron chi connectivity index (χ0n) is 13.3. The van der Waals surface area contributed by atoms with E-state index in [2.05, 4.69) is 10.2 Å². The minimum Gasteiger partial charge on any atom is -0.312 e. The van der Waals surface area contributed by atoms with Crippen molar-refractivity contribution < 1.29 is 13.2 Å². The maximum Gasteiger partial charge on any atom is 0.243 e. The molecule has 3 rings (SSSR count). The summed E-state index contributed by atoms with van der Waals surface area (Å²) in [5.41, 5.74) is 0.491. The standard InChI is InChI=1S/C15H18N4O3S2/c1-18-11-16-17-15(18)23-10-14(20)12-4-6-13(7-5-12)24(21,22)19-8-2-3-9-19/h4-7,11H,2-3,8-10H2,1H3. The largest absolute Gasteiger partial charge is 0.312 e. The van der Waals surface area contributed by atoms with Crippen molar-refractivity contribution in [3.63, 3.8) is 0 Å². The molecule has 0 spiro atoms. The molecular formula is C15H18N4O3S2. The zero-order chi connectivity index (χ0) is 17.2. The highest BCUT2D eigenvalue weighted by atomic mass is 32.2. The van der Waals surface area contributed by atoms with Gasteiger partial charge < -0.3 is 4.57 Å². The third-order valence-electron chi connectivity index (χ3n) is 3.88. The summed E-state index contributed by atoms with van der Waals surface area (Å²) in [7, 11) is -1.63. The molecule has 128 valence electrons. The zero-order valence-corrected chi connectivity index (χ0v) is 14.9. The molecule has 0 aliphatic carbocycles. The number of sulfonamides is 1. The number of thioether (sulfide) groups is 1. The van der Waals surface area contributed by atoms with E-state index in [0.717, 1.165) is 12.8 Å². The molecule has 0 amide bonds. The molecule has 1 aromatic carbocycles. The molecule has 0 N–H and O–H groups in total. The number of aromatic nitrogens is 3. The summed E-state index contributed by atoms with van der Waals surface area (Å²) >= 11 is 1.30. The number of carbonyl (C=O) groups is 1. The highest BCUT2D eigenvalue weighted by Gasteiger charge is 2.27. The predicted molar refractivity (Wildman–Crippen MR) is 90.5 cm³/mol. The Bertz CT molecular complexity index is 825. The van der Waals surface area contributed by atoms with Crippen LogP contribution in [-0.4, -0.2) is 52.1 Å². The van der Waals surface area contributed by atoms with Crippen molar-refractivity contribution in [2.75, 3.05) is 18.8 Å². The van der Waals surface area contributed by atoms with Crippen LogP contribution in [0.25, 0.3) is 0 Å². The van der Waals surface area contributed by atoms with E-state index >= 15 is 0 Å². The highest BCUT2D eigenvalue weighted by molar-refractivity contribution is 7.99. The van der Waals surface area contributed by atoms with Gasteiger partial charge in [-0.2, -0.15) is 4.31 Å². The van der Waals surface area contributed by atoms with Crippen molar-refractivity contribution in [3.8, 4) is 0 Å². The van der Waals surface area contributed by atoms with Gasteiger partial charge in [-0.25, -0.2) is 8.42 Å². The van der Waals surface area contributed by atoms with Crippen molar-refractivity contribution in [3.05, 3.63) is 36.2 Å². The molecule has 0 bridgehead atoms. The van der Waals surface area contributed by atoms with E-state index in [9.17, 15) is 13.2 Å². The highest BCUT2D eigenvalue weighted by Crippen LogP contribution is 2.22. The smallest absolute Gasteiger partial charge is 0.243 e. The maximum atomic E-state index is 12.5. The number of aryl methyl sites for hydroxylation is 1. The van der Waals surface area contributed by atoms with Gasteiger partial charge in [0.2, 0.25) is 10.0 Å².